The molecule has 0 aromatic heterocycles. The Morgan fingerprint density at radius 2 is 2.19 bits per heavy atom. The summed E-state index contributed by atoms with van der Waals surface area (Å²) >= 11 is 0. The number of hydrogen-bond acceptors (Lipinski definition) is 3. The Morgan fingerprint density at radius 1 is 1.42 bits per heavy atom. The maximum absolute atomic E-state index is 12.6. The fourth-order valence-corrected chi connectivity index (χ4v) is 3.02. The van der Waals surface area contributed by atoms with Crippen molar-refractivity contribution in [2.24, 2.45) is 11.8 Å². The zero-order valence-corrected chi connectivity index (χ0v) is 15.6. The molecule has 4 nitrogen and oxygen atoms in total. The third kappa shape index (κ3) is 7.41. The van der Waals surface area contributed by atoms with Crippen LogP contribution in [0.3, 0.4) is 0 Å². The summed E-state index contributed by atoms with van der Waals surface area (Å²) in [6.45, 7) is 4.48. The van der Waals surface area contributed by atoms with Gasteiger partial charge in [0.05, 0.1) is 12.1 Å². The van der Waals surface area contributed by atoms with Gasteiger partial charge in [-0.3, -0.25) is 4.79 Å². The first-order chi connectivity index (χ1) is 11.9. The van der Waals surface area contributed by atoms with E-state index >= 15 is 0 Å². The van der Waals surface area contributed by atoms with Gasteiger partial charge in [-0.1, -0.05) is 13.0 Å². The van der Waals surface area contributed by atoms with Gasteiger partial charge in [-0.2, -0.15) is 13.2 Å². The lowest BCUT2D eigenvalue weighted by Crippen LogP contribution is -2.36. The summed E-state index contributed by atoms with van der Waals surface area (Å²) < 4.78 is 43.1. The van der Waals surface area contributed by atoms with Gasteiger partial charge in [0.1, 0.15) is 12.4 Å². The first-order valence-electron chi connectivity index (χ1n) is 8.63. The summed E-state index contributed by atoms with van der Waals surface area (Å²) in [5.74, 6) is 0.912. The lowest BCUT2D eigenvalue weighted by molar-refractivity contribution is -0.137. The molecular weight excluding hydrogens is 369 g/mol. The summed E-state index contributed by atoms with van der Waals surface area (Å²) in [4.78, 5) is 12.0. The van der Waals surface area contributed by atoms with Gasteiger partial charge >= 0.3 is 6.18 Å². The molecule has 0 aliphatic carbocycles. The molecule has 1 amide bonds. The number of nitrogens with one attached hydrogen (secondary N) is 2. The van der Waals surface area contributed by atoms with Crippen LogP contribution in [-0.4, -0.2) is 32.1 Å². The molecule has 8 heteroatoms. The van der Waals surface area contributed by atoms with Crippen molar-refractivity contribution in [1.29, 1.82) is 0 Å². The van der Waals surface area contributed by atoms with Crippen molar-refractivity contribution >= 4 is 18.3 Å². The summed E-state index contributed by atoms with van der Waals surface area (Å²) in [5, 5.41) is 6.10. The number of rotatable bonds is 7. The summed E-state index contributed by atoms with van der Waals surface area (Å²) in [7, 11) is 0. The van der Waals surface area contributed by atoms with Crippen LogP contribution in [0.4, 0.5) is 13.2 Å². The second kappa shape index (κ2) is 10.6. The van der Waals surface area contributed by atoms with Crippen LogP contribution in [0.15, 0.2) is 24.3 Å². The van der Waals surface area contributed by atoms with E-state index in [4.69, 9.17) is 4.74 Å². The van der Waals surface area contributed by atoms with Gasteiger partial charge in [-0.25, -0.2) is 0 Å². The molecule has 1 aromatic carbocycles. The number of benzene rings is 1. The molecular formula is C18H26ClF3N2O2. The van der Waals surface area contributed by atoms with Gasteiger partial charge in [0.25, 0.3) is 0 Å². The third-order valence-corrected chi connectivity index (χ3v) is 4.50. The monoisotopic (exact) mass is 394 g/mol. The van der Waals surface area contributed by atoms with Gasteiger partial charge in [0.15, 0.2) is 0 Å². The molecule has 1 aliphatic rings. The van der Waals surface area contributed by atoms with E-state index in [0.29, 0.717) is 18.3 Å². The zero-order chi connectivity index (χ0) is 18.3. The Balaban J connectivity index is 0.00000338. The lowest BCUT2D eigenvalue weighted by atomic mass is 9.85. The Morgan fingerprint density at radius 3 is 2.85 bits per heavy atom. The largest absolute Gasteiger partial charge is 0.492 e. The normalized spacial score (nSPS) is 18.5. The van der Waals surface area contributed by atoms with Crippen molar-refractivity contribution in [3.05, 3.63) is 29.8 Å². The van der Waals surface area contributed by atoms with E-state index in [9.17, 15) is 18.0 Å². The SMILES string of the molecule is CC(CC(=O)NCCOc1cccc(C(F)(F)F)c1)C1CCCNC1.Cl. The minimum Gasteiger partial charge on any atom is -0.492 e. The predicted octanol–water partition coefficient (Wildman–Crippen LogP) is 3.65. The lowest BCUT2D eigenvalue weighted by Gasteiger charge is -2.28. The highest BCUT2D eigenvalue weighted by Gasteiger charge is 2.30. The molecule has 1 aromatic rings. The van der Waals surface area contributed by atoms with Crippen molar-refractivity contribution in [2.75, 3.05) is 26.2 Å². The molecule has 2 rings (SSSR count). The van der Waals surface area contributed by atoms with E-state index in [1.807, 2.05) is 0 Å². The maximum Gasteiger partial charge on any atom is 0.416 e. The maximum atomic E-state index is 12.6. The Bertz CT molecular complexity index is 564. The summed E-state index contributed by atoms with van der Waals surface area (Å²) in [6.07, 6.45) is -1.66. The van der Waals surface area contributed by atoms with Gasteiger partial charge < -0.3 is 15.4 Å². The van der Waals surface area contributed by atoms with Crippen molar-refractivity contribution in [1.82, 2.24) is 10.6 Å². The van der Waals surface area contributed by atoms with Crippen molar-refractivity contribution in [2.45, 2.75) is 32.4 Å². The number of piperidine rings is 1. The minimum absolute atomic E-state index is 0. The molecule has 0 saturated carbocycles. The summed E-state index contributed by atoms with van der Waals surface area (Å²) in [5.41, 5.74) is -0.746. The highest BCUT2D eigenvalue weighted by atomic mass is 35.5. The first-order valence-corrected chi connectivity index (χ1v) is 8.63. The van der Waals surface area contributed by atoms with Crippen LogP contribution in [0.25, 0.3) is 0 Å². The van der Waals surface area contributed by atoms with E-state index in [1.165, 1.54) is 12.1 Å². The topological polar surface area (TPSA) is 50.4 Å². The van der Waals surface area contributed by atoms with Crippen LogP contribution in [0.1, 0.15) is 31.7 Å². The molecule has 2 N–H and O–H groups in total. The molecule has 148 valence electrons. The second-order valence-electron chi connectivity index (χ2n) is 6.51. The fraction of sp³-hybridized carbons (Fsp3) is 0.611. The van der Waals surface area contributed by atoms with E-state index < -0.39 is 11.7 Å². The average Bonchev–Trinajstić information content (AvgIpc) is 2.59. The number of carbonyl (C=O) groups excluding carboxylic acids is 1. The number of amides is 1. The molecule has 1 heterocycles. The zero-order valence-electron chi connectivity index (χ0n) is 14.8. The van der Waals surface area contributed by atoms with E-state index in [1.54, 1.807) is 0 Å². The molecule has 2 unspecified atom stereocenters. The Labute approximate surface area is 158 Å². The van der Waals surface area contributed by atoms with Gasteiger partial charge in [0, 0.05) is 6.42 Å². The highest BCUT2D eigenvalue weighted by molar-refractivity contribution is 5.85. The number of alkyl halides is 3. The van der Waals surface area contributed by atoms with Crippen molar-refractivity contribution in [3.8, 4) is 5.75 Å². The van der Waals surface area contributed by atoms with Crippen LogP contribution in [-0.2, 0) is 11.0 Å². The molecule has 1 fully saturated rings. The Hall–Kier alpha value is -1.47. The highest BCUT2D eigenvalue weighted by Crippen LogP contribution is 2.31. The molecule has 2 atom stereocenters. The smallest absolute Gasteiger partial charge is 0.416 e. The fourth-order valence-electron chi connectivity index (χ4n) is 3.02. The van der Waals surface area contributed by atoms with E-state index in [0.717, 1.165) is 38.1 Å². The Kier molecular flexibility index (Phi) is 9.22. The number of halogens is 4. The molecule has 0 bridgehead atoms. The molecule has 0 spiro atoms. The molecule has 1 aliphatic heterocycles. The van der Waals surface area contributed by atoms with Gasteiger partial charge in [-0.05, 0) is 56.0 Å². The second-order valence-corrected chi connectivity index (χ2v) is 6.51. The standard InChI is InChI=1S/C18H25F3N2O2.ClH/c1-13(14-4-3-7-22-12-14)10-17(24)23-8-9-25-16-6-2-5-15(11-16)18(19,20)21;/h2,5-6,11,13-14,22H,3-4,7-10,12H2,1H3,(H,23,24);1H. The van der Waals surface area contributed by atoms with Crippen LogP contribution in [0, 0.1) is 11.8 Å². The summed E-state index contributed by atoms with van der Waals surface area (Å²) in [6, 6.07) is 4.72. The predicted molar refractivity (Wildman–Crippen MR) is 96.6 cm³/mol. The van der Waals surface area contributed by atoms with Crippen molar-refractivity contribution < 1.29 is 22.7 Å². The average molecular weight is 395 g/mol. The van der Waals surface area contributed by atoms with Crippen LogP contribution in [0.2, 0.25) is 0 Å². The minimum atomic E-state index is -4.39. The van der Waals surface area contributed by atoms with E-state index in [2.05, 4.69) is 17.6 Å². The number of ether oxygens (including phenoxy) is 1. The first kappa shape index (κ1) is 22.6. The van der Waals surface area contributed by atoms with Gasteiger partial charge in [-0.15, -0.1) is 12.4 Å². The molecule has 26 heavy (non-hydrogen) atoms. The van der Waals surface area contributed by atoms with Crippen LogP contribution < -0.4 is 15.4 Å². The molecule has 0 radical (unpaired) electrons. The molecule has 1 saturated heterocycles. The third-order valence-electron chi connectivity index (χ3n) is 4.50. The number of hydrogen-bond donors (Lipinski definition) is 2. The van der Waals surface area contributed by atoms with E-state index in [-0.39, 0.29) is 37.2 Å². The van der Waals surface area contributed by atoms with Crippen molar-refractivity contribution in [3.63, 3.8) is 0 Å². The number of carbonyl (C=O) groups is 1. The quantitative estimate of drug-likeness (QED) is 0.694. The van der Waals surface area contributed by atoms with Crippen LogP contribution >= 0.6 is 12.4 Å². The van der Waals surface area contributed by atoms with Gasteiger partial charge in [0.2, 0.25) is 5.91 Å². The van der Waals surface area contributed by atoms with Crippen LogP contribution in [0.5, 0.6) is 5.75 Å².